The maximum atomic E-state index is 13.2. The minimum Gasteiger partial charge on any atom is -0.341 e. The topological polar surface area (TPSA) is 64.3 Å². The molecular formula is C21H25N3O3S. The molecule has 2 aromatic heterocycles. The molecule has 3 rings (SSSR count). The van der Waals surface area contributed by atoms with Crippen molar-refractivity contribution in [2.24, 2.45) is 0 Å². The van der Waals surface area contributed by atoms with E-state index in [9.17, 15) is 14.4 Å². The number of hydrogen-bond acceptors (Lipinski definition) is 4. The van der Waals surface area contributed by atoms with Gasteiger partial charge in [-0.2, -0.15) is 0 Å². The molecule has 7 heteroatoms. The molecule has 28 heavy (non-hydrogen) atoms. The molecule has 1 aromatic carbocycles. The molecule has 0 bridgehead atoms. The Morgan fingerprint density at radius 2 is 1.96 bits per heavy atom. The van der Waals surface area contributed by atoms with Gasteiger partial charge in [-0.25, -0.2) is 9.36 Å². The van der Waals surface area contributed by atoms with E-state index in [4.69, 9.17) is 0 Å². The fraction of sp³-hybridized carbons (Fsp3) is 0.381. The Balaban J connectivity index is 2.13. The van der Waals surface area contributed by atoms with Crippen molar-refractivity contribution >= 4 is 27.5 Å². The van der Waals surface area contributed by atoms with Gasteiger partial charge in [0.05, 0.1) is 11.2 Å². The standard InChI is InChI=1S/C21H25N3O3S/c1-4-6-11-22(5-2)18(25)14-23-17-10-12-28-19(17)20(26)24(21(23)27)16-9-7-8-15(3)13-16/h7-10,12-13H,4-6,11,14H2,1-3H3. The van der Waals surface area contributed by atoms with Gasteiger partial charge in [0.15, 0.2) is 0 Å². The Kier molecular flexibility index (Phi) is 6.14. The van der Waals surface area contributed by atoms with Crippen LogP contribution in [0.2, 0.25) is 0 Å². The Hall–Kier alpha value is -2.67. The summed E-state index contributed by atoms with van der Waals surface area (Å²) in [6.07, 6.45) is 1.92. The zero-order chi connectivity index (χ0) is 20.3. The van der Waals surface area contributed by atoms with E-state index >= 15 is 0 Å². The van der Waals surface area contributed by atoms with Crippen LogP contribution in [-0.2, 0) is 11.3 Å². The molecule has 0 unspecified atom stereocenters. The first-order chi connectivity index (χ1) is 13.5. The van der Waals surface area contributed by atoms with Crippen molar-refractivity contribution in [1.29, 1.82) is 0 Å². The van der Waals surface area contributed by atoms with Crippen LogP contribution in [0.1, 0.15) is 32.3 Å². The van der Waals surface area contributed by atoms with Gasteiger partial charge in [0, 0.05) is 13.1 Å². The highest BCUT2D eigenvalue weighted by Gasteiger charge is 2.19. The van der Waals surface area contributed by atoms with Crippen molar-refractivity contribution in [2.45, 2.75) is 40.2 Å². The minimum atomic E-state index is -0.485. The highest BCUT2D eigenvalue weighted by Crippen LogP contribution is 2.17. The largest absolute Gasteiger partial charge is 0.341 e. The van der Waals surface area contributed by atoms with Gasteiger partial charge in [0.1, 0.15) is 11.2 Å². The van der Waals surface area contributed by atoms with Gasteiger partial charge in [0.25, 0.3) is 5.56 Å². The van der Waals surface area contributed by atoms with Crippen LogP contribution < -0.4 is 11.2 Å². The summed E-state index contributed by atoms with van der Waals surface area (Å²) < 4.78 is 3.07. The summed E-state index contributed by atoms with van der Waals surface area (Å²) in [7, 11) is 0. The van der Waals surface area contributed by atoms with Crippen LogP contribution in [0.3, 0.4) is 0 Å². The molecule has 0 aliphatic heterocycles. The molecule has 0 aliphatic carbocycles. The predicted octanol–water partition coefficient (Wildman–Crippen LogP) is 3.17. The first-order valence-corrected chi connectivity index (χ1v) is 10.4. The first-order valence-electron chi connectivity index (χ1n) is 9.55. The Morgan fingerprint density at radius 3 is 2.64 bits per heavy atom. The maximum absolute atomic E-state index is 13.2. The molecule has 148 valence electrons. The van der Waals surface area contributed by atoms with E-state index < -0.39 is 5.69 Å². The molecule has 0 spiro atoms. The average molecular weight is 400 g/mol. The van der Waals surface area contributed by atoms with Crippen molar-refractivity contribution in [2.75, 3.05) is 13.1 Å². The van der Waals surface area contributed by atoms with Crippen LogP contribution in [0.4, 0.5) is 0 Å². The van der Waals surface area contributed by atoms with Gasteiger partial charge in [-0.05, 0) is 49.4 Å². The number of amides is 1. The molecule has 1 amide bonds. The second-order valence-corrected chi connectivity index (χ2v) is 7.73. The molecule has 6 nitrogen and oxygen atoms in total. The highest BCUT2D eigenvalue weighted by atomic mass is 32.1. The second-order valence-electron chi connectivity index (χ2n) is 6.81. The van der Waals surface area contributed by atoms with Crippen LogP contribution in [-0.4, -0.2) is 33.0 Å². The summed E-state index contributed by atoms with van der Waals surface area (Å²) in [5.41, 5.74) is 1.16. The van der Waals surface area contributed by atoms with Crippen LogP contribution >= 0.6 is 11.3 Å². The quantitative estimate of drug-likeness (QED) is 0.613. The Bertz CT molecular complexity index is 1110. The molecule has 0 saturated heterocycles. The van der Waals surface area contributed by atoms with E-state index in [0.29, 0.717) is 29.0 Å². The lowest BCUT2D eigenvalue weighted by Crippen LogP contribution is -2.42. The van der Waals surface area contributed by atoms with Crippen molar-refractivity contribution in [3.8, 4) is 5.69 Å². The van der Waals surface area contributed by atoms with Gasteiger partial charge in [-0.15, -0.1) is 11.3 Å². The van der Waals surface area contributed by atoms with Crippen molar-refractivity contribution < 1.29 is 4.79 Å². The molecular weight excluding hydrogens is 374 g/mol. The fourth-order valence-electron chi connectivity index (χ4n) is 3.28. The molecule has 3 aromatic rings. The number of carbonyl (C=O) groups is 1. The van der Waals surface area contributed by atoms with E-state index in [1.54, 1.807) is 28.5 Å². The Labute approximate surface area is 167 Å². The smallest absolute Gasteiger partial charge is 0.336 e. The molecule has 0 aliphatic rings. The summed E-state index contributed by atoms with van der Waals surface area (Å²) in [5.74, 6) is -0.111. The summed E-state index contributed by atoms with van der Waals surface area (Å²) in [6, 6.07) is 9.00. The molecule has 0 atom stereocenters. The number of rotatable bonds is 7. The fourth-order valence-corrected chi connectivity index (χ4v) is 4.10. The van der Waals surface area contributed by atoms with Gasteiger partial charge >= 0.3 is 5.69 Å². The van der Waals surface area contributed by atoms with Crippen LogP contribution in [0, 0.1) is 6.92 Å². The number of aryl methyl sites for hydroxylation is 1. The predicted molar refractivity (Wildman–Crippen MR) is 114 cm³/mol. The second kappa shape index (κ2) is 8.56. The first kappa shape index (κ1) is 20.1. The number of carbonyl (C=O) groups excluding carboxylic acids is 1. The number of aromatic nitrogens is 2. The molecule has 0 saturated carbocycles. The van der Waals surface area contributed by atoms with Crippen molar-refractivity contribution in [3.05, 3.63) is 62.1 Å². The van der Waals surface area contributed by atoms with Crippen LogP contribution in [0.25, 0.3) is 15.9 Å². The lowest BCUT2D eigenvalue weighted by atomic mass is 10.2. The van der Waals surface area contributed by atoms with Crippen LogP contribution in [0.15, 0.2) is 45.3 Å². The van der Waals surface area contributed by atoms with E-state index in [0.717, 1.165) is 18.4 Å². The third kappa shape index (κ3) is 3.80. The summed E-state index contributed by atoms with van der Waals surface area (Å²) in [4.78, 5) is 40.8. The molecule has 0 N–H and O–H groups in total. The summed E-state index contributed by atoms with van der Waals surface area (Å²) in [6.45, 7) is 7.12. The van der Waals surface area contributed by atoms with Crippen LogP contribution in [0.5, 0.6) is 0 Å². The SMILES string of the molecule is CCCCN(CC)C(=O)Cn1c(=O)n(-c2cccc(C)c2)c(=O)c2sccc21. The number of fused-ring (bicyclic) bond motifs is 1. The third-order valence-corrected chi connectivity index (χ3v) is 5.72. The van der Waals surface area contributed by atoms with Gasteiger partial charge in [-0.1, -0.05) is 25.5 Å². The van der Waals surface area contributed by atoms with Crippen molar-refractivity contribution in [1.82, 2.24) is 14.0 Å². The molecule has 0 radical (unpaired) electrons. The molecule has 2 heterocycles. The van der Waals surface area contributed by atoms with E-state index in [1.165, 1.54) is 20.5 Å². The number of nitrogens with zero attached hydrogens (tertiary/aromatic N) is 3. The van der Waals surface area contributed by atoms with Crippen molar-refractivity contribution in [3.63, 3.8) is 0 Å². The lowest BCUT2D eigenvalue weighted by molar-refractivity contribution is -0.131. The average Bonchev–Trinajstić information content (AvgIpc) is 3.16. The summed E-state index contributed by atoms with van der Waals surface area (Å²) in [5, 5.41) is 1.78. The Morgan fingerprint density at radius 1 is 1.18 bits per heavy atom. The zero-order valence-corrected chi connectivity index (χ0v) is 17.3. The number of unbranched alkanes of at least 4 members (excludes halogenated alkanes) is 1. The number of hydrogen-bond donors (Lipinski definition) is 0. The summed E-state index contributed by atoms with van der Waals surface area (Å²) >= 11 is 1.29. The number of benzene rings is 1. The highest BCUT2D eigenvalue weighted by molar-refractivity contribution is 7.17. The van der Waals surface area contributed by atoms with Gasteiger partial charge in [0.2, 0.25) is 5.91 Å². The zero-order valence-electron chi connectivity index (χ0n) is 16.5. The van der Waals surface area contributed by atoms with E-state index in [1.807, 2.05) is 26.0 Å². The lowest BCUT2D eigenvalue weighted by Gasteiger charge is -2.21. The van der Waals surface area contributed by atoms with E-state index in [-0.39, 0.29) is 18.0 Å². The van der Waals surface area contributed by atoms with Gasteiger partial charge in [-0.3, -0.25) is 14.2 Å². The molecule has 0 fully saturated rings. The third-order valence-electron chi connectivity index (χ3n) is 4.82. The maximum Gasteiger partial charge on any atom is 0.336 e. The van der Waals surface area contributed by atoms with E-state index in [2.05, 4.69) is 6.92 Å². The monoisotopic (exact) mass is 399 g/mol. The number of likely N-dealkylation sites (N-methyl/N-ethyl adjacent to an activating group) is 1. The normalized spacial score (nSPS) is 11.1. The number of thiophene rings is 1. The minimum absolute atomic E-state index is 0.0737. The van der Waals surface area contributed by atoms with Gasteiger partial charge < -0.3 is 4.90 Å².